The van der Waals surface area contributed by atoms with Gasteiger partial charge in [0.15, 0.2) is 11.6 Å². The van der Waals surface area contributed by atoms with Gasteiger partial charge in [-0.3, -0.25) is 0 Å². The quantitative estimate of drug-likeness (QED) is 0.766. The number of hydrogen-bond donors (Lipinski definition) is 1. The molecule has 0 aliphatic carbocycles. The molecule has 58 valence electrons. The fraction of sp³-hybridized carbons (Fsp3) is 0. The van der Waals surface area contributed by atoms with Crippen LogP contribution in [0.4, 0.5) is 4.39 Å². The van der Waals surface area contributed by atoms with Gasteiger partial charge in [0.2, 0.25) is 0 Å². The lowest BCUT2D eigenvalue weighted by molar-refractivity contribution is 0.431. The molecule has 0 amide bonds. The molecular formula is C8H6BrFO. The summed E-state index contributed by atoms with van der Waals surface area (Å²) in [4.78, 5) is 0. The minimum Gasteiger partial charge on any atom is -0.504 e. The molecule has 0 aliphatic rings. The summed E-state index contributed by atoms with van der Waals surface area (Å²) in [6.07, 6.45) is 1.39. The third-order valence-corrected chi connectivity index (χ3v) is 1.74. The number of benzene rings is 1. The second-order valence-corrected chi connectivity index (χ2v) is 2.95. The van der Waals surface area contributed by atoms with E-state index in [0.717, 1.165) is 0 Å². The van der Waals surface area contributed by atoms with Crippen molar-refractivity contribution in [3.05, 3.63) is 34.6 Å². The number of rotatable bonds is 1. The summed E-state index contributed by atoms with van der Waals surface area (Å²) < 4.78 is 13.3. The van der Waals surface area contributed by atoms with Crippen LogP contribution in [0.3, 0.4) is 0 Å². The van der Waals surface area contributed by atoms with E-state index in [2.05, 4.69) is 22.5 Å². The maximum atomic E-state index is 12.7. The van der Waals surface area contributed by atoms with Crippen LogP contribution in [0.2, 0.25) is 0 Å². The maximum absolute atomic E-state index is 12.7. The lowest BCUT2D eigenvalue weighted by Gasteiger charge is -2.00. The molecule has 0 aromatic heterocycles. The van der Waals surface area contributed by atoms with Gasteiger partial charge in [-0.1, -0.05) is 28.6 Å². The smallest absolute Gasteiger partial charge is 0.166 e. The molecule has 3 heteroatoms. The van der Waals surface area contributed by atoms with Gasteiger partial charge in [-0.15, -0.1) is 0 Å². The molecule has 0 aliphatic heterocycles. The average molecular weight is 217 g/mol. The van der Waals surface area contributed by atoms with Crippen LogP contribution < -0.4 is 0 Å². The molecule has 0 bridgehead atoms. The van der Waals surface area contributed by atoms with Crippen LogP contribution in [0.25, 0.3) is 6.08 Å². The topological polar surface area (TPSA) is 20.2 Å². The first-order chi connectivity index (χ1) is 5.15. The standard InChI is InChI=1S/C8H6BrFO/c1-2-5-3-6(9)4-7(10)8(5)11/h2-4,11H,1H2. The van der Waals surface area contributed by atoms with E-state index < -0.39 is 5.82 Å². The fourth-order valence-corrected chi connectivity index (χ4v) is 1.19. The van der Waals surface area contributed by atoms with Crippen molar-refractivity contribution >= 4 is 22.0 Å². The van der Waals surface area contributed by atoms with Gasteiger partial charge in [0.1, 0.15) is 0 Å². The highest BCUT2D eigenvalue weighted by Gasteiger charge is 2.05. The van der Waals surface area contributed by atoms with E-state index in [1.54, 1.807) is 6.07 Å². The van der Waals surface area contributed by atoms with E-state index in [-0.39, 0.29) is 5.75 Å². The van der Waals surface area contributed by atoms with Crippen LogP contribution in [0.1, 0.15) is 5.56 Å². The summed E-state index contributed by atoms with van der Waals surface area (Å²) in [5, 5.41) is 9.05. The molecule has 0 unspecified atom stereocenters. The lowest BCUT2D eigenvalue weighted by Crippen LogP contribution is -1.80. The summed E-state index contributed by atoms with van der Waals surface area (Å²) in [5.74, 6) is -1.00. The first-order valence-electron chi connectivity index (χ1n) is 2.95. The summed E-state index contributed by atoms with van der Waals surface area (Å²) in [5.41, 5.74) is 0.386. The largest absolute Gasteiger partial charge is 0.504 e. The van der Waals surface area contributed by atoms with Gasteiger partial charge in [-0.05, 0) is 12.1 Å². The third kappa shape index (κ3) is 1.60. The van der Waals surface area contributed by atoms with E-state index in [1.165, 1.54) is 12.1 Å². The van der Waals surface area contributed by atoms with Crippen LogP contribution in [-0.4, -0.2) is 5.11 Å². The molecular weight excluding hydrogens is 211 g/mol. The van der Waals surface area contributed by atoms with Crippen LogP contribution in [0.5, 0.6) is 5.75 Å². The van der Waals surface area contributed by atoms with Crippen molar-refractivity contribution in [2.24, 2.45) is 0 Å². The molecule has 1 aromatic rings. The van der Waals surface area contributed by atoms with Crippen molar-refractivity contribution in [3.63, 3.8) is 0 Å². The Morgan fingerprint density at radius 3 is 2.73 bits per heavy atom. The van der Waals surface area contributed by atoms with E-state index in [9.17, 15) is 4.39 Å². The molecule has 0 radical (unpaired) electrons. The van der Waals surface area contributed by atoms with E-state index >= 15 is 0 Å². The predicted molar refractivity (Wildman–Crippen MR) is 45.9 cm³/mol. The molecule has 0 fully saturated rings. The van der Waals surface area contributed by atoms with Crippen molar-refractivity contribution in [3.8, 4) is 5.75 Å². The van der Waals surface area contributed by atoms with Gasteiger partial charge < -0.3 is 5.11 Å². The molecule has 0 saturated heterocycles. The number of phenolic OH excluding ortho intramolecular Hbond substituents is 1. The van der Waals surface area contributed by atoms with Crippen LogP contribution >= 0.6 is 15.9 Å². The molecule has 11 heavy (non-hydrogen) atoms. The van der Waals surface area contributed by atoms with Gasteiger partial charge in [0.25, 0.3) is 0 Å². The van der Waals surface area contributed by atoms with Gasteiger partial charge in [0, 0.05) is 10.0 Å². The first kappa shape index (κ1) is 8.27. The molecule has 1 aromatic carbocycles. The number of aromatic hydroxyl groups is 1. The van der Waals surface area contributed by atoms with Crippen LogP contribution in [0, 0.1) is 5.82 Å². The van der Waals surface area contributed by atoms with Gasteiger partial charge in [-0.2, -0.15) is 0 Å². The summed E-state index contributed by atoms with van der Waals surface area (Å²) in [6, 6.07) is 2.79. The highest BCUT2D eigenvalue weighted by molar-refractivity contribution is 9.10. The zero-order chi connectivity index (χ0) is 8.43. The van der Waals surface area contributed by atoms with Crippen molar-refractivity contribution in [1.82, 2.24) is 0 Å². The SMILES string of the molecule is C=Cc1cc(Br)cc(F)c1O. The Balaban J connectivity index is 3.35. The summed E-state index contributed by atoms with van der Waals surface area (Å²) in [6.45, 7) is 3.43. The Bertz CT molecular complexity index is 296. The monoisotopic (exact) mass is 216 g/mol. The Hall–Kier alpha value is -0.830. The Morgan fingerprint density at radius 1 is 1.55 bits per heavy atom. The number of halogens is 2. The van der Waals surface area contributed by atoms with Crippen molar-refractivity contribution < 1.29 is 9.50 Å². The van der Waals surface area contributed by atoms with E-state index in [1.807, 2.05) is 0 Å². The van der Waals surface area contributed by atoms with Crippen LogP contribution in [0.15, 0.2) is 23.2 Å². The minimum atomic E-state index is -0.644. The zero-order valence-corrected chi connectivity index (χ0v) is 7.23. The predicted octanol–water partition coefficient (Wildman–Crippen LogP) is 2.94. The lowest BCUT2D eigenvalue weighted by atomic mass is 10.2. The Labute approximate surface area is 72.3 Å². The minimum absolute atomic E-state index is 0.358. The molecule has 0 spiro atoms. The third-order valence-electron chi connectivity index (χ3n) is 1.28. The summed E-state index contributed by atoms with van der Waals surface area (Å²) in [7, 11) is 0. The van der Waals surface area contributed by atoms with Crippen molar-refractivity contribution in [2.45, 2.75) is 0 Å². The number of phenols is 1. The molecule has 1 nitrogen and oxygen atoms in total. The van der Waals surface area contributed by atoms with Gasteiger partial charge in [-0.25, -0.2) is 4.39 Å². The highest BCUT2D eigenvalue weighted by Crippen LogP contribution is 2.26. The van der Waals surface area contributed by atoms with Gasteiger partial charge >= 0.3 is 0 Å². The first-order valence-corrected chi connectivity index (χ1v) is 3.75. The molecule has 0 heterocycles. The summed E-state index contributed by atoms with van der Waals surface area (Å²) >= 11 is 3.09. The van der Waals surface area contributed by atoms with Crippen molar-refractivity contribution in [1.29, 1.82) is 0 Å². The zero-order valence-electron chi connectivity index (χ0n) is 5.64. The van der Waals surface area contributed by atoms with Gasteiger partial charge in [0.05, 0.1) is 0 Å². The Kier molecular flexibility index (Phi) is 2.29. The van der Waals surface area contributed by atoms with Crippen LogP contribution in [-0.2, 0) is 0 Å². The molecule has 1 N–H and O–H groups in total. The molecule has 1 rings (SSSR count). The highest BCUT2D eigenvalue weighted by atomic mass is 79.9. The average Bonchev–Trinajstić information content (AvgIpc) is 1.96. The second kappa shape index (κ2) is 3.05. The Morgan fingerprint density at radius 2 is 2.18 bits per heavy atom. The normalized spacial score (nSPS) is 9.64. The number of hydrogen-bond acceptors (Lipinski definition) is 1. The van der Waals surface area contributed by atoms with Crippen molar-refractivity contribution in [2.75, 3.05) is 0 Å². The van der Waals surface area contributed by atoms with E-state index in [4.69, 9.17) is 5.11 Å². The maximum Gasteiger partial charge on any atom is 0.166 e. The molecule has 0 saturated carbocycles. The molecule has 0 atom stereocenters. The van der Waals surface area contributed by atoms with E-state index in [0.29, 0.717) is 10.0 Å². The fourth-order valence-electron chi connectivity index (χ4n) is 0.741. The second-order valence-electron chi connectivity index (χ2n) is 2.03.